The van der Waals surface area contributed by atoms with Crippen LogP contribution in [0.25, 0.3) is 22.9 Å². The number of fused-ring (bicyclic) bond motifs is 1. The van der Waals surface area contributed by atoms with Crippen molar-refractivity contribution < 1.29 is 9.21 Å². The molecular weight excluding hydrogens is 394 g/mol. The molecule has 152 valence electrons. The molecule has 0 aliphatic heterocycles. The summed E-state index contributed by atoms with van der Waals surface area (Å²) >= 11 is 1.41. The number of hydrogen-bond donors (Lipinski definition) is 1. The van der Waals surface area contributed by atoms with Crippen LogP contribution >= 0.6 is 11.3 Å². The fraction of sp³-hybridized carbons (Fsp3) is 0.208. The standard InChI is InChI=1S/C24H23N3O2S/c1-24(2,3)20-15-25-22(29-20)11-10-19-14-26-23(30-19)27-21(28)13-16-8-9-17-6-4-5-7-18(17)12-16/h4-12,14-15H,13H2,1-3H3,(H,26,27,28)/b11-10-. The van der Waals surface area contributed by atoms with Crippen molar-refractivity contribution in [3.8, 4) is 0 Å². The Hall–Kier alpha value is -3.25. The highest BCUT2D eigenvalue weighted by molar-refractivity contribution is 7.16. The minimum absolute atomic E-state index is 0.0773. The smallest absolute Gasteiger partial charge is 0.230 e. The van der Waals surface area contributed by atoms with E-state index in [0.717, 1.165) is 21.6 Å². The van der Waals surface area contributed by atoms with Crippen LogP contribution in [0.3, 0.4) is 0 Å². The number of hydrogen-bond acceptors (Lipinski definition) is 5. The molecule has 4 rings (SSSR count). The highest BCUT2D eigenvalue weighted by atomic mass is 32.1. The van der Waals surface area contributed by atoms with Crippen LogP contribution in [-0.2, 0) is 16.6 Å². The molecule has 5 nitrogen and oxygen atoms in total. The predicted molar refractivity (Wildman–Crippen MR) is 123 cm³/mol. The lowest BCUT2D eigenvalue weighted by Crippen LogP contribution is -2.14. The Balaban J connectivity index is 1.37. The number of rotatable bonds is 5. The quantitative estimate of drug-likeness (QED) is 0.437. The van der Waals surface area contributed by atoms with Gasteiger partial charge in [0.05, 0.1) is 12.6 Å². The van der Waals surface area contributed by atoms with E-state index in [4.69, 9.17) is 4.42 Å². The van der Waals surface area contributed by atoms with Crippen LogP contribution < -0.4 is 5.32 Å². The second-order valence-electron chi connectivity index (χ2n) is 8.12. The maximum Gasteiger partial charge on any atom is 0.230 e. The fourth-order valence-electron chi connectivity index (χ4n) is 2.98. The van der Waals surface area contributed by atoms with Gasteiger partial charge in [-0.1, -0.05) is 74.6 Å². The molecule has 1 N–H and O–H groups in total. The van der Waals surface area contributed by atoms with Gasteiger partial charge in [-0.2, -0.15) is 0 Å². The Bertz CT molecular complexity index is 1210. The van der Waals surface area contributed by atoms with Gasteiger partial charge in [0.1, 0.15) is 5.76 Å². The molecule has 6 heteroatoms. The van der Waals surface area contributed by atoms with Gasteiger partial charge in [0.15, 0.2) is 5.13 Å². The Morgan fingerprint density at radius 2 is 1.87 bits per heavy atom. The third-order valence-electron chi connectivity index (χ3n) is 4.60. The summed E-state index contributed by atoms with van der Waals surface area (Å²) in [7, 11) is 0. The minimum Gasteiger partial charge on any atom is -0.441 e. The zero-order valence-corrected chi connectivity index (χ0v) is 18.0. The van der Waals surface area contributed by atoms with E-state index in [1.807, 2.05) is 42.5 Å². The summed E-state index contributed by atoms with van der Waals surface area (Å²) in [5.74, 6) is 1.31. The van der Waals surface area contributed by atoms with Crippen LogP contribution in [0.1, 0.15) is 42.9 Å². The molecule has 2 heterocycles. The number of benzene rings is 2. The van der Waals surface area contributed by atoms with Gasteiger partial charge in [-0.3, -0.25) is 4.79 Å². The average Bonchev–Trinajstić information content (AvgIpc) is 3.35. The maximum atomic E-state index is 12.4. The van der Waals surface area contributed by atoms with Gasteiger partial charge >= 0.3 is 0 Å². The summed E-state index contributed by atoms with van der Waals surface area (Å²) < 4.78 is 5.75. The molecular formula is C24H23N3O2S. The van der Waals surface area contributed by atoms with E-state index < -0.39 is 0 Å². The Labute approximate surface area is 179 Å². The summed E-state index contributed by atoms with van der Waals surface area (Å²) in [5.41, 5.74) is 0.896. The Morgan fingerprint density at radius 3 is 2.63 bits per heavy atom. The summed E-state index contributed by atoms with van der Waals surface area (Å²) in [5, 5.41) is 5.74. The number of nitrogens with one attached hydrogen (secondary N) is 1. The molecule has 0 saturated carbocycles. The summed E-state index contributed by atoms with van der Waals surface area (Å²) in [4.78, 5) is 21.9. The van der Waals surface area contributed by atoms with E-state index >= 15 is 0 Å². The van der Waals surface area contributed by atoms with Crippen molar-refractivity contribution in [1.82, 2.24) is 9.97 Å². The van der Waals surface area contributed by atoms with Crippen molar-refractivity contribution in [3.05, 3.63) is 76.9 Å². The SMILES string of the molecule is CC(C)(C)c1cnc(/C=C\c2cnc(NC(=O)Cc3ccc4ccccc4c3)s2)o1. The van der Waals surface area contributed by atoms with Crippen LogP contribution in [0.5, 0.6) is 0 Å². The van der Waals surface area contributed by atoms with E-state index in [1.54, 1.807) is 12.4 Å². The lowest BCUT2D eigenvalue weighted by Gasteiger charge is -2.12. The molecule has 1 amide bonds. The molecule has 0 radical (unpaired) electrons. The van der Waals surface area contributed by atoms with E-state index in [1.165, 1.54) is 16.7 Å². The zero-order chi connectivity index (χ0) is 21.1. The Kier molecular flexibility index (Phi) is 5.50. The maximum absolute atomic E-state index is 12.4. The molecule has 0 saturated heterocycles. The number of thiazole rings is 1. The second kappa shape index (κ2) is 8.24. The largest absolute Gasteiger partial charge is 0.441 e. The lowest BCUT2D eigenvalue weighted by molar-refractivity contribution is -0.115. The third-order valence-corrected chi connectivity index (χ3v) is 5.48. The minimum atomic E-state index is -0.0855. The average molecular weight is 418 g/mol. The van der Waals surface area contributed by atoms with Gasteiger partial charge in [-0.15, -0.1) is 0 Å². The first-order valence-electron chi connectivity index (χ1n) is 9.74. The van der Waals surface area contributed by atoms with Gasteiger partial charge < -0.3 is 9.73 Å². The molecule has 2 aromatic heterocycles. The molecule has 0 unspecified atom stereocenters. The van der Waals surface area contributed by atoms with Crippen LogP contribution in [0.2, 0.25) is 0 Å². The molecule has 0 bridgehead atoms. The number of nitrogens with zero attached hydrogens (tertiary/aromatic N) is 2. The number of anilines is 1. The van der Waals surface area contributed by atoms with E-state index in [9.17, 15) is 4.79 Å². The molecule has 0 aliphatic rings. The van der Waals surface area contributed by atoms with Crippen molar-refractivity contribution in [2.24, 2.45) is 0 Å². The number of amides is 1. The van der Waals surface area contributed by atoms with Crippen molar-refractivity contribution in [2.45, 2.75) is 32.6 Å². The van der Waals surface area contributed by atoms with Crippen molar-refractivity contribution in [3.63, 3.8) is 0 Å². The molecule has 2 aromatic carbocycles. The number of carbonyl (C=O) groups is 1. The molecule has 4 aromatic rings. The molecule has 0 aliphatic carbocycles. The van der Waals surface area contributed by atoms with Crippen LogP contribution in [-0.4, -0.2) is 15.9 Å². The van der Waals surface area contributed by atoms with E-state index in [0.29, 0.717) is 17.4 Å². The number of carbonyl (C=O) groups excluding carboxylic acids is 1. The van der Waals surface area contributed by atoms with Gasteiger partial charge in [0, 0.05) is 22.6 Å². The first-order chi connectivity index (χ1) is 14.4. The van der Waals surface area contributed by atoms with Gasteiger partial charge in [-0.25, -0.2) is 9.97 Å². The summed E-state index contributed by atoms with van der Waals surface area (Å²) in [6, 6.07) is 14.2. The van der Waals surface area contributed by atoms with Crippen molar-refractivity contribution >= 4 is 45.3 Å². The number of oxazole rings is 1. The highest BCUT2D eigenvalue weighted by Gasteiger charge is 2.18. The highest BCUT2D eigenvalue weighted by Crippen LogP contribution is 2.25. The van der Waals surface area contributed by atoms with Crippen LogP contribution in [0.15, 0.2) is 59.3 Å². The summed E-state index contributed by atoms with van der Waals surface area (Å²) in [6.45, 7) is 6.24. The fourth-order valence-corrected chi connectivity index (χ4v) is 3.72. The lowest BCUT2D eigenvalue weighted by atomic mass is 9.94. The monoisotopic (exact) mass is 417 g/mol. The second-order valence-corrected chi connectivity index (χ2v) is 9.18. The molecule has 0 atom stereocenters. The molecule has 0 spiro atoms. The van der Waals surface area contributed by atoms with Crippen LogP contribution in [0.4, 0.5) is 5.13 Å². The Morgan fingerprint density at radius 1 is 1.07 bits per heavy atom. The molecule has 30 heavy (non-hydrogen) atoms. The van der Waals surface area contributed by atoms with Gasteiger partial charge in [0.2, 0.25) is 11.8 Å². The van der Waals surface area contributed by atoms with E-state index in [2.05, 4.69) is 48.2 Å². The normalized spacial score (nSPS) is 12.0. The zero-order valence-electron chi connectivity index (χ0n) is 17.2. The first kappa shape index (κ1) is 20.0. The number of aromatic nitrogens is 2. The van der Waals surface area contributed by atoms with Gasteiger partial charge in [-0.05, 0) is 22.4 Å². The third kappa shape index (κ3) is 4.83. The molecule has 0 fully saturated rings. The van der Waals surface area contributed by atoms with Gasteiger partial charge in [0.25, 0.3) is 0 Å². The summed E-state index contributed by atoms with van der Waals surface area (Å²) in [6.07, 6.45) is 7.48. The first-order valence-corrected chi connectivity index (χ1v) is 10.6. The topological polar surface area (TPSA) is 68.0 Å². The van der Waals surface area contributed by atoms with Crippen molar-refractivity contribution in [1.29, 1.82) is 0 Å². The van der Waals surface area contributed by atoms with E-state index in [-0.39, 0.29) is 11.3 Å². The van der Waals surface area contributed by atoms with Crippen LogP contribution in [0, 0.1) is 0 Å². The predicted octanol–water partition coefficient (Wildman–Crippen LogP) is 5.93. The van der Waals surface area contributed by atoms with Crippen molar-refractivity contribution in [2.75, 3.05) is 5.32 Å².